The Morgan fingerprint density at radius 3 is 2.56 bits per heavy atom. The molecule has 2 nitrogen and oxygen atoms in total. The van der Waals surface area contributed by atoms with Crippen molar-refractivity contribution >= 4 is 49.4 Å². The van der Waals surface area contributed by atoms with Crippen LogP contribution in [0.15, 0.2) is 25.0 Å². The normalized spacial score (nSPS) is 20.2. The topological polar surface area (TPSA) is 35.4 Å². The molecule has 1 unspecified atom stereocenters. The first-order valence-corrected chi connectivity index (χ1v) is 7.71. The summed E-state index contributed by atoms with van der Waals surface area (Å²) in [6.45, 7) is 5.74. The maximum atomic E-state index is 11.7. The third-order valence-corrected chi connectivity index (χ3v) is 4.84. The number of nitrogens with zero attached hydrogens (tertiary/aromatic N) is 1. The van der Waals surface area contributed by atoms with Gasteiger partial charge in [-0.1, -0.05) is 36.3 Å². The summed E-state index contributed by atoms with van der Waals surface area (Å²) in [4.78, 5) is 0. The molecule has 1 aliphatic carbocycles. The van der Waals surface area contributed by atoms with Gasteiger partial charge in [-0.2, -0.15) is 0 Å². The van der Waals surface area contributed by atoms with E-state index in [0.717, 1.165) is 27.4 Å². The zero-order valence-electron chi connectivity index (χ0n) is 9.59. The van der Waals surface area contributed by atoms with Gasteiger partial charge in [0.25, 0.3) is 0 Å². The average Bonchev–Trinajstić information content (AvgIpc) is 2.17. The van der Waals surface area contributed by atoms with E-state index in [2.05, 4.69) is 36.3 Å². The second-order valence-corrected chi connectivity index (χ2v) is 8.46. The molecular weight excluding hydrogens is 354 g/mol. The van der Waals surface area contributed by atoms with Crippen LogP contribution in [0.3, 0.4) is 0 Å². The molecule has 0 aromatic carbocycles. The van der Waals surface area contributed by atoms with Crippen molar-refractivity contribution in [2.24, 2.45) is 4.40 Å². The van der Waals surface area contributed by atoms with Gasteiger partial charge in [0.05, 0.1) is 6.21 Å². The Labute approximate surface area is 117 Å². The van der Waals surface area contributed by atoms with Crippen LogP contribution < -0.4 is 0 Å². The lowest BCUT2D eigenvalue weighted by molar-refractivity contribution is 0.562. The van der Waals surface area contributed by atoms with Crippen LogP contribution in [0.25, 0.3) is 0 Å². The summed E-state index contributed by atoms with van der Waals surface area (Å²) in [5.41, 5.74) is 0.996. The molecule has 90 valence electrons. The van der Waals surface area contributed by atoms with Gasteiger partial charge in [0.1, 0.15) is 16.1 Å². The van der Waals surface area contributed by atoms with Gasteiger partial charge < -0.3 is 4.55 Å². The molecule has 16 heavy (non-hydrogen) atoms. The molecule has 0 aliphatic heterocycles. The van der Waals surface area contributed by atoms with Crippen LogP contribution in [-0.4, -0.2) is 15.5 Å². The van der Waals surface area contributed by atoms with E-state index < -0.39 is 11.4 Å². The summed E-state index contributed by atoms with van der Waals surface area (Å²) in [5, 5.41) is 0. The van der Waals surface area contributed by atoms with Crippen LogP contribution in [0.4, 0.5) is 0 Å². The van der Waals surface area contributed by atoms with Crippen molar-refractivity contribution in [2.75, 3.05) is 0 Å². The minimum atomic E-state index is -1.20. The highest BCUT2D eigenvalue weighted by atomic mass is 79.9. The third kappa shape index (κ3) is 4.35. The van der Waals surface area contributed by atoms with E-state index in [1.807, 2.05) is 26.8 Å². The lowest BCUT2D eigenvalue weighted by Gasteiger charge is -2.18. The molecule has 1 rings (SSSR count). The standard InChI is InChI=1S/C11H15Br2NOS/c1-11(2,3)16(15)14-7-8-6-9(12)4-5-10(8)13/h6-7H,4-5H2,1-3H3. The van der Waals surface area contributed by atoms with Crippen molar-refractivity contribution in [3.63, 3.8) is 0 Å². The van der Waals surface area contributed by atoms with Crippen molar-refractivity contribution in [2.45, 2.75) is 38.4 Å². The van der Waals surface area contributed by atoms with Crippen molar-refractivity contribution in [1.29, 1.82) is 0 Å². The van der Waals surface area contributed by atoms with E-state index in [9.17, 15) is 4.55 Å². The molecule has 0 aromatic heterocycles. The SMILES string of the molecule is CC(C)(C)[S+]([O-])N=CC1=C(Br)CCC(Br)=C1. The van der Waals surface area contributed by atoms with Crippen molar-refractivity contribution < 1.29 is 4.55 Å². The van der Waals surface area contributed by atoms with Crippen molar-refractivity contribution in [1.82, 2.24) is 0 Å². The Hall–Kier alpha value is 0.420. The summed E-state index contributed by atoms with van der Waals surface area (Å²) in [6.07, 6.45) is 5.66. The zero-order valence-corrected chi connectivity index (χ0v) is 13.6. The molecule has 0 N–H and O–H groups in total. The Morgan fingerprint density at radius 1 is 1.38 bits per heavy atom. The van der Waals surface area contributed by atoms with Gasteiger partial charge in [0.15, 0.2) is 0 Å². The van der Waals surface area contributed by atoms with Crippen molar-refractivity contribution in [3.8, 4) is 0 Å². The van der Waals surface area contributed by atoms with E-state index in [0.29, 0.717) is 0 Å². The molecule has 0 heterocycles. The summed E-state index contributed by atoms with van der Waals surface area (Å²) in [6, 6.07) is 0. The fourth-order valence-corrected chi connectivity index (χ4v) is 2.45. The molecule has 0 aromatic rings. The molecule has 1 aliphatic rings. The molecule has 1 atom stereocenters. The quantitative estimate of drug-likeness (QED) is 0.530. The molecule has 0 fully saturated rings. The number of hydrogen-bond donors (Lipinski definition) is 0. The molecule has 0 bridgehead atoms. The predicted molar refractivity (Wildman–Crippen MR) is 78.6 cm³/mol. The minimum Gasteiger partial charge on any atom is -0.591 e. The second-order valence-electron chi connectivity index (χ2n) is 4.55. The Morgan fingerprint density at radius 2 is 2.00 bits per heavy atom. The fourth-order valence-electron chi connectivity index (χ4n) is 1.06. The van der Waals surface area contributed by atoms with Crippen LogP contribution in [0.1, 0.15) is 33.6 Å². The largest absolute Gasteiger partial charge is 0.591 e. The van der Waals surface area contributed by atoms with Crippen LogP contribution in [0, 0.1) is 0 Å². The first kappa shape index (κ1) is 14.5. The molecule has 0 radical (unpaired) electrons. The maximum absolute atomic E-state index is 11.7. The van der Waals surface area contributed by atoms with E-state index in [1.165, 1.54) is 0 Å². The smallest absolute Gasteiger partial charge is 0.144 e. The Balaban J connectivity index is 2.78. The first-order chi connectivity index (χ1) is 7.30. The monoisotopic (exact) mass is 367 g/mol. The second kappa shape index (κ2) is 5.85. The van der Waals surface area contributed by atoms with E-state index >= 15 is 0 Å². The van der Waals surface area contributed by atoms with Gasteiger partial charge >= 0.3 is 0 Å². The van der Waals surface area contributed by atoms with Gasteiger partial charge in [0.2, 0.25) is 0 Å². The van der Waals surface area contributed by atoms with Gasteiger partial charge in [0, 0.05) is 10.1 Å². The van der Waals surface area contributed by atoms with E-state index in [-0.39, 0.29) is 4.75 Å². The van der Waals surface area contributed by atoms with Gasteiger partial charge in [-0.25, -0.2) is 0 Å². The van der Waals surface area contributed by atoms with Crippen LogP contribution >= 0.6 is 31.9 Å². The minimum absolute atomic E-state index is 0.306. The Bertz CT molecular complexity index is 355. The molecular formula is C11H15Br2NOS. The highest BCUT2D eigenvalue weighted by Crippen LogP contribution is 2.30. The van der Waals surface area contributed by atoms with Crippen LogP contribution in [-0.2, 0) is 11.4 Å². The van der Waals surface area contributed by atoms with Crippen LogP contribution in [0.5, 0.6) is 0 Å². The van der Waals surface area contributed by atoms with Gasteiger partial charge in [-0.3, -0.25) is 0 Å². The third-order valence-electron chi connectivity index (χ3n) is 2.02. The lowest BCUT2D eigenvalue weighted by Crippen LogP contribution is -2.25. The highest BCUT2D eigenvalue weighted by Gasteiger charge is 2.26. The predicted octanol–water partition coefficient (Wildman–Crippen LogP) is 4.24. The number of allylic oxidation sites excluding steroid dienone is 4. The van der Waals surface area contributed by atoms with Gasteiger partial charge in [-0.05, 0) is 44.2 Å². The first-order valence-electron chi connectivity index (χ1n) is 5.01. The summed E-state index contributed by atoms with van der Waals surface area (Å²) < 4.78 is 17.8. The molecule has 0 spiro atoms. The van der Waals surface area contributed by atoms with E-state index in [1.54, 1.807) is 6.21 Å². The number of hydrogen-bond acceptors (Lipinski definition) is 2. The van der Waals surface area contributed by atoms with E-state index in [4.69, 9.17) is 0 Å². The lowest BCUT2D eigenvalue weighted by atomic mass is 10.1. The Kier molecular flexibility index (Phi) is 5.29. The molecule has 0 saturated heterocycles. The summed E-state index contributed by atoms with van der Waals surface area (Å²) in [7, 11) is 0. The zero-order chi connectivity index (χ0) is 12.3. The van der Waals surface area contributed by atoms with Crippen LogP contribution in [0.2, 0.25) is 0 Å². The van der Waals surface area contributed by atoms with Crippen molar-refractivity contribution in [3.05, 3.63) is 20.6 Å². The van der Waals surface area contributed by atoms with Gasteiger partial charge in [-0.15, -0.1) is 0 Å². The fraction of sp³-hybridized carbons (Fsp3) is 0.545. The number of rotatable bonds is 2. The average molecular weight is 369 g/mol. The highest BCUT2D eigenvalue weighted by molar-refractivity contribution is 9.12. The molecule has 0 saturated carbocycles. The molecule has 0 amide bonds. The summed E-state index contributed by atoms with van der Waals surface area (Å²) in [5.74, 6) is 0. The summed E-state index contributed by atoms with van der Waals surface area (Å²) >= 11 is 5.78. The maximum Gasteiger partial charge on any atom is 0.144 e. The number of halogens is 2. The molecule has 5 heteroatoms.